The van der Waals surface area contributed by atoms with Gasteiger partial charge in [0.2, 0.25) is 0 Å². The van der Waals surface area contributed by atoms with Crippen molar-refractivity contribution in [2.45, 2.75) is 62.6 Å². The van der Waals surface area contributed by atoms with Crippen molar-refractivity contribution in [3.8, 4) is 0 Å². The summed E-state index contributed by atoms with van der Waals surface area (Å²) in [4.78, 5) is 31.3. The van der Waals surface area contributed by atoms with Crippen LogP contribution in [0.2, 0.25) is 0 Å². The van der Waals surface area contributed by atoms with Gasteiger partial charge in [-0.15, -0.1) is 11.8 Å². The Morgan fingerprint density at radius 2 is 1.79 bits per heavy atom. The summed E-state index contributed by atoms with van der Waals surface area (Å²) < 4.78 is 4.97. The average Bonchev–Trinajstić information content (AvgIpc) is 3.21. The zero-order valence-corrected chi connectivity index (χ0v) is 19.9. The van der Waals surface area contributed by atoms with Gasteiger partial charge in [-0.05, 0) is 80.1 Å². The number of carboxylic acid groups (broad SMARTS) is 1. The quantitative estimate of drug-likeness (QED) is 0.453. The lowest BCUT2D eigenvalue weighted by Crippen LogP contribution is -2.55. The van der Waals surface area contributed by atoms with Crippen molar-refractivity contribution in [3.05, 3.63) is 17.7 Å². The molecule has 1 amide bonds. The fraction of sp³-hybridized carbons (Fsp3) is 0.720. The Hall–Kier alpha value is -1.96. The number of nitrogens with zero attached hydrogens (tertiary/aromatic N) is 2. The Labute approximate surface area is 199 Å². The number of carbonyl (C=O) groups is 2. The van der Waals surface area contributed by atoms with Gasteiger partial charge in [-0.3, -0.25) is 4.79 Å². The average molecular weight is 472 g/mol. The summed E-state index contributed by atoms with van der Waals surface area (Å²) in [7, 11) is 0. The molecule has 0 spiro atoms. The molecule has 7 rings (SSSR count). The van der Waals surface area contributed by atoms with Crippen molar-refractivity contribution in [1.82, 2.24) is 10.3 Å². The van der Waals surface area contributed by atoms with Crippen molar-refractivity contribution in [2.75, 3.05) is 23.7 Å². The minimum atomic E-state index is -1.19. The summed E-state index contributed by atoms with van der Waals surface area (Å²) >= 11 is 1.66. The minimum absolute atomic E-state index is 0.0318. The molecule has 7 nitrogen and oxygen atoms in total. The molecule has 1 saturated heterocycles. The lowest BCUT2D eigenvalue weighted by Gasteiger charge is -2.54. The molecule has 1 aliphatic heterocycles. The molecule has 6 fully saturated rings. The molecule has 8 heteroatoms. The van der Waals surface area contributed by atoms with E-state index in [0.29, 0.717) is 23.4 Å². The van der Waals surface area contributed by atoms with Crippen molar-refractivity contribution in [1.29, 1.82) is 0 Å². The molecule has 0 aromatic carbocycles. The SMILES string of the molecule is CCCSc1nc(N2C[C@@H]3C(OC(=O)O)[C@@H]3C2)ccc1C(=O)NC1C2CC3CC(C2)CC1C3. The Balaban J connectivity index is 1.16. The highest BCUT2D eigenvalue weighted by molar-refractivity contribution is 7.99. The van der Waals surface area contributed by atoms with Crippen LogP contribution in [0.15, 0.2) is 17.2 Å². The summed E-state index contributed by atoms with van der Waals surface area (Å²) in [6.07, 6.45) is 6.23. The van der Waals surface area contributed by atoms with Crippen molar-refractivity contribution in [3.63, 3.8) is 0 Å². The third-order valence-electron chi connectivity index (χ3n) is 8.73. The molecular formula is C25H33N3O4S. The molecular weight excluding hydrogens is 438 g/mol. The second-order valence-electron chi connectivity index (χ2n) is 10.9. The van der Waals surface area contributed by atoms with Gasteiger partial charge in [-0.1, -0.05) is 6.92 Å². The Morgan fingerprint density at radius 3 is 2.39 bits per heavy atom. The number of ether oxygens (including phenoxy) is 1. The molecule has 178 valence electrons. The zero-order valence-electron chi connectivity index (χ0n) is 19.1. The van der Waals surface area contributed by atoms with Gasteiger partial charge in [0.1, 0.15) is 16.9 Å². The molecule has 5 aliphatic carbocycles. The number of pyridine rings is 1. The highest BCUT2D eigenvalue weighted by atomic mass is 32.2. The van der Waals surface area contributed by atoms with Gasteiger partial charge >= 0.3 is 6.16 Å². The van der Waals surface area contributed by atoms with E-state index in [2.05, 4.69) is 17.1 Å². The van der Waals surface area contributed by atoms with Crippen LogP contribution in [0, 0.1) is 35.5 Å². The van der Waals surface area contributed by atoms with Gasteiger partial charge in [0.15, 0.2) is 0 Å². The number of hydrogen-bond donors (Lipinski definition) is 2. The van der Waals surface area contributed by atoms with E-state index in [1.807, 2.05) is 12.1 Å². The molecule has 2 N–H and O–H groups in total. The minimum Gasteiger partial charge on any atom is -0.450 e. The van der Waals surface area contributed by atoms with E-state index in [1.165, 1.54) is 32.1 Å². The fourth-order valence-corrected chi connectivity index (χ4v) is 8.30. The smallest absolute Gasteiger partial charge is 0.450 e. The maximum absolute atomic E-state index is 13.4. The molecule has 1 aromatic heterocycles. The second kappa shape index (κ2) is 8.36. The number of carbonyl (C=O) groups excluding carboxylic acids is 1. The van der Waals surface area contributed by atoms with Gasteiger partial charge in [0.25, 0.3) is 5.91 Å². The molecule has 0 radical (unpaired) electrons. The predicted molar refractivity (Wildman–Crippen MR) is 126 cm³/mol. The van der Waals surface area contributed by atoms with Crippen LogP contribution in [0.4, 0.5) is 10.6 Å². The largest absolute Gasteiger partial charge is 0.506 e. The third-order valence-corrected chi connectivity index (χ3v) is 9.93. The van der Waals surface area contributed by atoms with Crippen LogP contribution in [0.5, 0.6) is 0 Å². The summed E-state index contributed by atoms with van der Waals surface area (Å²) in [5.74, 6) is 5.44. The molecule has 33 heavy (non-hydrogen) atoms. The Morgan fingerprint density at radius 1 is 1.12 bits per heavy atom. The zero-order chi connectivity index (χ0) is 22.7. The van der Waals surface area contributed by atoms with Gasteiger partial charge in [0.05, 0.1) is 5.56 Å². The van der Waals surface area contributed by atoms with E-state index in [-0.39, 0.29) is 23.8 Å². The van der Waals surface area contributed by atoms with Gasteiger partial charge < -0.3 is 20.1 Å². The van der Waals surface area contributed by atoms with E-state index < -0.39 is 6.16 Å². The molecule has 3 atom stereocenters. The van der Waals surface area contributed by atoms with Gasteiger partial charge in [-0.2, -0.15) is 0 Å². The second-order valence-corrected chi connectivity index (χ2v) is 12.0. The topological polar surface area (TPSA) is 91.8 Å². The number of rotatable bonds is 7. The lowest BCUT2D eigenvalue weighted by molar-refractivity contribution is -0.0120. The number of aromatic nitrogens is 1. The van der Waals surface area contributed by atoms with E-state index in [4.69, 9.17) is 14.8 Å². The number of piperidine rings is 1. The predicted octanol–water partition coefficient (Wildman–Crippen LogP) is 4.27. The Kier molecular flexibility index (Phi) is 5.46. The number of nitrogens with one attached hydrogen (secondary N) is 1. The molecule has 1 unspecified atom stereocenters. The first-order valence-electron chi connectivity index (χ1n) is 12.6. The number of amides is 1. The fourth-order valence-electron chi connectivity index (χ4n) is 7.43. The normalized spacial score (nSPS) is 37.7. The van der Waals surface area contributed by atoms with E-state index in [1.54, 1.807) is 11.8 Å². The maximum atomic E-state index is 13.4. The van der Waals surface area contributed by atoms with E-state index >= 15 is 0 Å². The van der Waals surface area contributed by atoms with Crippen LogP contribution in [0.25, 0.3) is 0 Å². The van der Waals surface area contributed by atoms with Gasteiger partial charge in [-0.25, -0.2) is 9.78 Å². The summed E-state index contributed by atoms with van der Waals surface area (Å²) in [6, 6.07) is 4.23. The van der Waals surface area contributed by atoms with Crippen LogP contribution in [-0.4, -0.2) is 53.1 Å². The van der Waals surface area contributed by atoms with Gasteiger partial charge in [0, 0.05) is 31.0 Å². The highest BCUT2D eigenvalue weighted by Gasteiger charge is 2.59. The summed E-state index contributed by atoms with van der Waals surface area (Å²) in [5, 5.41) is 13.1. The maximum Gasteiger partial charge on any atom is 0.506 e. The van der Waals surface area contributed by atoms with Crippen LogP contribution in [0.3, 0.4) is 0 Å². The standard InChI is InChI=1S/C25H33N3O4S/c1-2-5-33-24-17(23(29)27-21-15-7-13-6-14(9-15)10-16(21)8-13)3-4-20(26-24)28-11-18-19(12-28)22(18)32-25(30)31/h3-4,13-16,18-19,21-22H,2,5-12H2,1H3,(H,27,29)(H,30,31)/t13?,14?,15?,16?,18-,19+,21?,22?. The van der Waals surface area contributed by atoms with Crippen molar-refractivity contribution < 1.29 is 19.4 Å². The first-order valence-corrected chi connectivity index (χ1v) is 13.6. The van der Waals surface area contributed by atoms with Crippen molar-refractivity contribution in [2.24, 2.45) is 35.5 Å². The number of thioether (sulfide) groups is 1. The van der Waals surface area contributed by atoms with Crippen LogP contribution in [0.1, 0.15) is 55.8 Å². The van der Waals surface area contributed by atoms with E-state index in [9.17, 15) is 9.59 Å². The number of anilines is 1. The molecule has 2 heterocycles. The van der Waals surface area contributed by atoms with Crippen molar-refractivity contribution >= 4 is 29.6 Å². The summed E-state index contributed by atoms with van der Waals surface area (Å²) in [6.45, 7) is 3.65. The first kappa shape index (κ1) is 21.6. The number of fused-ring (bicyclic) bond motifs is 1. The van der Waals surface area contributed by atoms with Crippen LogP contribution >= 0.6 is 11.8 Å². The molecule has 1 aromatic rings. The highest BCUT2D eigenvalue weighted by Crippen LogP contribution is 2.54. The first-order chi connectivity index (χ1) is 16.0. The molecule has 6 aliphatic rings. The Bertz CT molecular complexity index is 916. The third kappa shape index (κ3) is 3.98. The van der Waals surface area contributed by atoms with Crippen LogP contribution in [-0.2, 0) is 4.74 Å². The number of hydrogen-bond acceptors (Lipinski definition) is 6. The summed E-state index contributed by atoms with van der Waals surface area (Å²) in [5.41, 5.74) is 0.697. The molecule has 5 saturated carbocycles. The van der Waals surface area contributed by atoms with Crippen LogP contribution < -0.4 is 10.2 Å². The molecule has 4 bridgehead atoms. The monoisotopic (exact) mass is 471 g/mol. The van der Waals surface area contributed by atoms with E-state index in [0.717, 1.165) is 47.9 Å². The lowest BCUT2D eigenvalue weighted by atomic mass is 9.54.